The zero-order valence-electron chi connectivity index (χ0n) is 17.2. The maximum absolute atomic E-state index is 14.5. The van der Waals surface area contributed by atoms with E-state index in [0.29, 0.717) is 52.8 Å². The summed E-state index contributed by atoms with van der Waals surface area (Å²) in [5.41, 5.74) is 1.37. The first-order chi connectivity index (χ1) is 16.0. The second-order valence-corrected chi connectivity index (χ2v) is 7.43. The molecule has 0 radical (unpaired) electrons. The van der Waals surface area contributed by atoms with Crippen LogP contribution in [0.25, 0.3) is 10.9 Å². The van der Waals surface area contributed by atoms with Gasteiger partial charge in [-0.25, -0.2) is 18.7 Å². The second kappa shape index (κ2) is 10.2. The smallest absolute Gasteiger partial charge is 0.230 e. The highest BCUT2D eigenvalue weighted by molar-refractivity contribution is 6.17. The second-order valence-electron chi connectivity index (χ2n) is 7.05. The van der Waals surface area contributed by atoms with Crippen molar-refractivity contribution in [2.75, 3.05) is 23.1 Å². The van der Waals surface area contributed by atoms with Gasteiger partial charge in [-0.15, -0.1) is 11.6 Å². The highest BCUT2D eigenvalue weighted by Crippen LogP contribution is 2.28. The van der Waals surface area contributed by atoms with E-state index in [2.05, 4.69) is 30.8 Å². The summed E-state index contributed by atoms with van der Waals surface area (Å²) in [6, 6.07) is 10.0. The normalized spacial score (nSPS) is 10.9. The summed E-state index contributed by atoms with van der Waals surface area (Å²) in [6.45, 7) is 0.297. The van der Waals surface area contributed by atoms with E-state index >= 15 is 0 Å². The molecule has 170 valence electrons. The van der Waals surface area contributed by atoms with Gasteiger partial charge >= 0.3 is 0 Å². The number of rotatable bonds is 9. The number of nitrogens with zero attached hydrogens (tertiary/aromatic N) is 3. The molecule has 0 aliphatic heterocycles. The number of fused-ring (bicyclic) bond motifs is 1. The Bertz CT molecular complexity index is 1280. The van der Waals surface area contributed by atoms with Crippen LogP contribution in [0.15, 0.2) is 48.8 Å². The molecule has 0 saturated heterocycles. The Kier molecular flexibility index (Phi) is 6.94. The van der Waals surface area contributed by atoms with Crippen LogP contribution in [-0.2, 0) is 11.2 Å². The number of H-pyrrole nitrogens is 1. The van der Waals surface area contributed by atoms with Crippen LogP contribution in [0.2, 0.25) is 0 Å². The number of aromatic nitrogens is 4. The van der Waals surface area contributed by atoms with Crippen molar-refractivity contribution in [2.24, 2.45) is 0 Å². The summed E-state index contributed by atoms with van der Waals surface area (Å²) < 4.78 is 33.2. The quantitative estimate of drug-likeness (QED) is 0.243. The van der Waals surface area contributed by atoms with Gasteiger partial charge in [0.15, 0.2) is 17.4 Å². The molecular weight excluding hydrogens is 454 g/mol. The van der Waals surface area contributed by atoms with Crippen LogP contribution in [0.1, 0.15) is 12.1 Å². The van der Waals surface area contributed by atoms with E-state index in [1.807, 2.05) is 0 Å². The Morgan fingerprint density at radius 3 is 2.85 bits per heavy atom. The molecule has 0 saturated carbocycles. The summed E-state index contributed by atoms with van der Waals surface area (Å²) >= 11 is 5.62. The third kappa shape index (κ3) is 5.72. The van der Waals surface area contributed by atoms with Gasteiger partial charge < -0.3 is 15.4 Å². The number of aromatic amines is 1. The van der Waals surface area contributed by atoms with Gasteiger partial charge in [-0.3, -0.25) is 9.89 Å². The molecule has 8 nitrogen and oxygen atoms in total. The van der Waals surface area contributed by atoms with Crippen molar-refractivity contribution in [1.29, 1.82) is 0 Å². The van der Waals surface area contributed by atoms with Crippen LogP contribution in [0.4, 0.5) is 26.1 Å². The van der Waals surface area contributed by atoms with Crippen LogP contribution >= 0.6 is 11.6 Å². The lowest BCUT2D eigenvalue weighted by Crippen LogP contribution is -2.14. The third-order valence-corrected chi connectivity index (χ3v) is 4.83. The van der Waals surface area contributed by atoms with Crippen LogP contribution in [-0.4, -0.2) is 38.6 Å². The van der Waals surface area contributed by atoms with E-state index in [4.69, 9.17) is 16.3 Å². The number of hydrogen-bond donors (Lipinski definition) is 3. The standard InChI is InChI=1S/C22H19ClF2N6O2/c23-5-2-6-33-19-11-18-16(10-17(19)25)22(27-12-26-18)29-20-8-15(30-31-20)9-21(32)28-14-4-1-3-13(24)7-14/h1,3-4,7-8,10-12H,2,5-6,9H2,(H,28,32)(H2,26,27,29,30,31). The number of amides is 1. The molecule has 0 fully saturated rings. The number of ether oxygens (including phenoxy) is 1. The monoisotopic (exact) mass is 472 g/mol. The summed E-state index contributed by atoms with van der Waals surface area (Å²) in [5, 5.41) is 12.9. The number of carbonyl (C=O) groups excluding carboxylic acids is 1. The minimum atomic E-state index is -0.549. The Labute approximate surface area is 192 Å². The van der Waals surface area contributed by atoms with Gasteiger partial charge in [0.1, 0.15) is 18.0 Å². The van der Waals surface area contributed by atoms with Crippen molar-refractivity contribution in [3.63, 3.8) is 0 Å². The van der Waals surface area contributed by atoms with Crippen molar-refractivity contribution >= 4 is 45.7 Å². The molecule has 0 atom stereocenters. The minimum absolute atomic E-state index is 0.00660. The first kappa shape index (κ1) is 22.4. The molecule has 2 aromatic carbocycles. The Balaban J connectivity index is 1.45. The van der Waals surface area contributed by atoms with Crippen molar-refractivity contribution in [3.05, 3.63) is 66.1 Å². The van der Waals surface area contributed by atoms with Crippen molar-refractivity contribution in [3.8, 4) is 5.75 Å². The maximum Gasteiger partial charge on any atom is 0.230 e. The predicted octanol–water partition coefficient (Wildman–Crippen LogP) is 4.56. The number of carbonyl (C=O) groups is 1. The fourth-order valence-corrected chi connectivity index (χ4v) is 3.20. The molecular formula is C22H19ClF2N6O2. The zero-order valence-corrected chi connectivity index (χ0v) is 18.0. The van der Waals surface area contributed by atoms with E-state index in [1.54, 1.807) is 12.1 Å². The van der Waals surface area contributed by atoms with Crippen molar-refractivity contribution < 1.29 is 18.3 Å². The number of halogens is 3. The average Bonchev–Trinajstić information content (AvgIpc) is 3.21. The molecule has 0 bridgehead atoms. The molecule has 2 heterocycles. The van der Waals surface area contributed by atoms with Gasteiger partial charge in [0.25, 0.3) is 0 Å². The lowest BCUT2D eigenvalue weighted by atomic mass is 10.2. The molecule has 33 heavy (non-hydrogen) atoms. The summed E-state index contributed by atoms with van der Waals surface area (Å²) in [5.74, 6) is -0.102. The Morgan fingerprint density at radius 2 is 2.03 bits per heavy atom. The van der Waals surface area contributed by atoms with E-state index in [-0.39, 0.29) is 18.1 Å². The fourth-order valence-electron chi connectivity index (χ4n) is 3.09. The molecule has 0 aliphatic rings. The SMILES string of the molecule is O=C(Cc1cc(Nc2ncnc3cc(OCCCCl)c(F)cc23)n[nH]1)Nc1cccc(F)c1. The average molecular weight is 473 g/mol. The van der Waals surface area contributed by atoms with E-state index in [0.717, 1.165) is 0 Å². The Hall–Kier alpha value is -3.79. The summed E-state index contributed by atoms with van der Waals surface area (Å²) in [6.07, 6.45) is 1.93. The molecule has 4 aromatic rings. The lowest BCUT2D eigenvalue weighted by molar-refractivity contribution is -0.115. The summed E-state index contributed by atoms with van der Waals surface area (Å²) in [7, 11) is 0. The molecule has 1 amide bonds. The molecule has 4 rings (SSSR count). The molecule has 3 N–H and O–H groups in total. The highest BCUT2D eigenvalue weighted by Gasteiger charge is 2.13. The van der Waals surface area contributed by atoms with Crippen molar-refractivity contribution in [1.82, 2.24) is 20.2 Å². The van der Waals surface area contributed by atoms with Gasteiger partial charge in [-0.05, 0) is 30.7 Å². The van der Waals surface area contributed by atoms with Crippen LogP contribution in [0.3, 0.4) is 0 Å². The van der Waals surface area contributed by atoms with E-state index in [1.165, 1.54) is 36.7 Å². The molecule has 0 spiro atoms. The molecule has 11 heteroatoms. The number of benzene rings is 2. The predicted molar refractivity (Wildman–Crippen MR) is 121 cm³/mol. The van der Waals surface area contributed by atoms with Crippen LogP contribution in [0, 0.1) is 11.6 Å². The molecule has 0 unspecified atom stereocenters. The van der Waals surface area contributed by atoms with Crippen LogP contribution in [0.5, 0.6) is 5.75 Å². The molecule has 0 aliphatic carbocycles. The maximum atomic E-state index is 14.5. The number of alkyl halides is 1. The largest absolute Gasteiger partial charge is 0.490 e. The van der Waals surface area contributed by atoms with Gasteiger partial charge in [0, 0.05) is 34.8 Å². The number of nitrogens with one attached hydrogen (secondary N) is 3. The summed E-state index contributed by atoms with van der Waals surface area (Å²) in [4.78, 5) is 20.6. The topological polar surface area (TPSA) is 105 Å². The van der Waals surface area contributed by atoms with E-state index in [9.17, 15) is 13.6 Å². The minimum Gasteiger partial charge on any atom is -0.490 e. The van der Waals surface area contributed by atoms with Gasteiger partial charge in [0.05, 0.1) is 18.5 Å². The van der Waals surface area contributed by atoms with Gasteiger partial charge in [0.2, 0.25) is 5.91 Å². The molecule has 2 aromatic heterocycles. The number of hydrogen-bond acceptors (Lipinski definition) is 6. The Morgan fingerprint density at radius 1 is 1.15 bits per heavy atom. The van der Waals surface area contributed by atoms with Crippen LogP contribution < -0.4 is 15.4 Å². The van der Waals surface area contributed by atoms with Gasteiger partial charge in [-0.2, -0.15) is 5.10 Å². The zero-order chi connectivity index (χ0) is 23.2. The fraction of sp³-hybridized carbons (Fsp3) is 0.182. The lowest BCUT2D eigenvalue weighted by Gasteiger charge is -2.10. The van der Waals surface area contributed by atoms with E-state index < -0.39 is 11.6 Å². The van der Waals surface area contributed by atoms with Crippen molar-refractivity contribution in [2.45, 2.75) is 12.8 Å². The van der Waals surface area contributed by atoms with Gasteiger partial charge in [-0.1, -0.05) is 6.07 Å². The number of anilines is 3. The first-order valence-corrected chi connectivity index (χ1v) is 10.5. The first-order valence-electron chi connectivity index (χ1n) is 10.0. The third-order valence-electron chi connectivity index (χ3n) is 4.56. The highest BCUT2D eigenvalue weighted by atomic mass is 35.5.